The number of para-hydroxylation sites is 2. The van der Waals surface area contributed by atoms with E-state index in [1.807, 2.05) is 28.8 Å². The maximum absolute atomic E-state index is 13.2. The number of imidazole rings is 1. The molecule has 0 unspecified atom stereocenters. The van der Waals surface area contributed by atoms with Crippen molar-refractivity contribution in [3.8, 4) is 17.1 Å². The van der Waals surface area contributed by atoms with Crippen molar-refractivity contribution in [2.45, 2.75) is 32.9 Å². The average Bonchev–Trinajstić information content (AvgIpc) is 3.35. The first-order chi connectivity index (χ1) is 16.3. The summed E-state index contributed by atoms with van der Waals surface area (Å²) in [5.41, 5.74) is 3.79. The zero-order chi connectivity index (χ0) is 24.4. The van der Waals surface area contributed by atoms with Crippen LogP contribution in [-0.4, -0.2) is 58.3 Å². The molecule has 3 aromatic heterocycles. The second-order valence-electron chi connectivity index (χ2n) is 8.44. The first kappa shape index (κ1) is 23.4. The highest BCUT2D eigenvalue weighted by atomic mass is 16.3. The van der Waals surface area contributed by atoms with Gasteiger partial charge in [-0.1, -0.05) is 19.1 Å². The zero-order valence-electron chi connectivity index (χ0n) is 19.3. The maximum atomic E-state index is 13.2. The molecule has 0 saturated heterocycles. The molecule has 3 heterocycles. The Bertz CT molecular complexity index is 1400. The molecule has 178 valence electrons. The van der Waals surface area contributed by atoms with E-state index in [-0.39, 0.29) is 18.4 Å². The van der Waals surface area contributed by atoms with Crippen LogP contribution in [0.2, 0.25) is 0 Å². The van der Waals surface area contributed by atoms with Gasteiger partial charge in [-0.15, -0.1) is 0 Å². The van der Waals surface area contributed by atoms with Gasteiger partial charge >= 0.3 is 0 Å². The monoisotopic (exact) mass is 464 g/mol. The molecule has 0 spiro atoms. The molecule has 0 saturated carbocycles. The van der Waals surface area contributed by atoms with E-state index < -0.39 is 12.0 Å². The maximum Gasteiger partial charge on any atom is 0.280 e. The molecule has 0 radical (unpaired) electrons. The molecule has 0 fully saturated rings. The van der Waals surface area contributed by atoms with Crippen molar-refractivity contribution < 1.29 is 20.1 Å². The van der Waals surface area contributed by atoms with Gasteiger partial charge in [0.05, 0.1) is 34.6 Å². The van der Waals surface area contributed by atoms with Gasteiger partial charge in [0.15, 0.2) is 0 Å². The van der Waals surface area contributed by atoms with Gasteiger partial charge in [0.1, 0.15) is 0 Å². The number of carbonyl (C=O) groups excluding carboxylic acids is 1. The number of pyridine rings is 1. The lowest BCUT2D eigenvalue weighted by Crippen LogP contribution is -2.26. The smallest absolute Gasteiger partial charge is 0.280 e. The van der Waals surface area contributed by atoms with E-state index >= 15 is 0 Å². The highest BCUT2D eigenvalue weighted by molar-refractivity contribution is 5.96. The molecular formula is C24H28N6O4. The number of hydrogen-bond acceptors (Lipinski definition) is 6. The number of fused-ring (bicyclic) bond motifs is 1. The Morgan fingerprint density at radius 2 is 2.03 bits per heavy atom. The summed E-state index contributed by atoms with van der Waals surface area (Å²) in [7, 11) is 1.61. The summed E-state index contributed by atoms with van der Waals surface area (Å²) >= 11 is 0. The summed E-state index contributed by atoms with van der Waals surface area (Å²) in [6.45, 7) is 3.85. The fraction of sp³-hybridized carbons (Fsp3) is 0.333. The lowest BCUT2D eigenvalue weighted by molar-refractivity contribution is 0.0672. The van der Waals surface area contributed by atoms with Crippen LogP contribution in [0.25, 0.3) is 22.3 Å². The number of benzene rings is 1. The predicted molar refractivity (Wildman–Crippen MR) is 126 cm³/mol. The number of H-pyrrole nitrogens is 1. The van der Waals surface area contributed by atoms with E-state index in [4.69, 9.17) is 0 Å². The van der Waals surface area contributed by atoms with Crippen LogP contribution in [0.1, 0.15) is 29.4 Å². The van der Waals surface area contributed by atoms with Crippen LogP contribution in [0.3, 0.4) is 0 Å². The van der Waals surface area contributed by atoms with Crippen molar-refractivity contribution in [1.82, 2.24) is 24.3 Å². The largest absolute Gasteiger partial charge is 0.493 e. The molecule has 0 bridgehead atoms. The third-order valence-electron chi connectivity index (χ3n) is 5.88. The fourth-order valence-corrected chi connectivity index (χ4v) is 3.80. The average molecular weight is 465 g/mol. The Labute approximate surface area is 195 Å². The number of nitrogens with one attached hydrogen (secondary N) is 1. The van der Waals surface area contributed by atoms with Crippen LogP contribution in [-0.2, 0) is 13.6 Å². The van der Waals surface area contributed by atoms with Crippen LogP contribution < -0.4 is 5.62 Å². The first-order valence-corrected chi connectivity index (χ1v) is 11.0. The normalized spacial score (nSPS) is 14.0. The third kappa shape index (κ3) is 4.63. The molecule has 10 nitrogen and oxygen atoms in total. The summed E-state index contributed by atoms with van der Waals surface area (Å²) in [5, 5.41) is 33.9. The van der Waals surface area contributed by atoms with Gasteiger partial charge in [-0.05, 0) is 37.6 Å². The number of aliphatic hydroxyl groups excluding tert-OH is 2. The highest BCUT2D eigenvalue weighted by Crippen LogP contribution is 2.27. The number of aromatic amines is 1. The van der Waals surface area contributed by atoms with E-state index in [1.54, 1.807) is 33.0 Å². The summed E-state index contributed by atoms with van der Waals surface area (Å²) in [5.74, 6) is -0.771. The Morgan fingerprint density at radius 1 is 1.26 bits per heavy atom. The van der Waals surface area contributed by atoms with Gasteiger partial charge in [-0.25, -0.2) is 4.68 Å². The van der Waals surface area contributed by atoms with Crippen LogP contribution >= 0.6 is 0 Å². The fourth-order valence-electron chi connectivity index (χ4n) is 3.80. The van der Waals surface area contributed by atoms with Crippen molar-refractivity contribution in [2.24, 2.45) is 18.0 Å². The second-order valence-corrected chi connectivity index (χ2v) is 8.44. The number of nitrogens with zero attached hydrogens (tertiary/aromatic N) is 5. The molecule has 34 heavy (non-hydrogen) atoms. The minimum atomic E-state index is -0.688. The van der Waals surface area contributed by atoms with E-state index in [9.17, 15) is 20.1 Å². The number of aromatic nitrogens is 5. The van der Waals surface area contributed by atoms with Gasteiger partial charge in [-0.3, -0.25) is 9.78 Å². The lowest BCUT2D eigenvalue weighted by atomic mass is 10.0. The minimum Gasteiger partial charge on any atom is -0.493 e. The van der Waals surface area contributed by atoms with E-state index in [2.05, 4.69) is 20.1 Å². The zero-order valence-corrected chi connectivity index (χ0v) is 19.3. The predicted octanol–water partition coefficient (Wildman–Crippen LogP) is 1.90. The third-order valence-corrected chi connectivity index (χ3v) is 5.88. The quantitative estimate of drug-likeness (QED) is 0.329. The molecule has 0 aliphatic rings. The van der Waals surface area contributed by atoms with Gasteiger partial charge in [0, 0.05) is 37.4 Å². The van der Waals surface area contributed by atoms with Crippen molar-refractivity contribution in [1.29, 1.82) is 0 Å². The molecule has 4 rings (SSSR count). The Balaban J connectivity index is 1.73. The Morgan fingerprint density at radius 3 is 2.74 bits per heavy atom. The summed E-state index contributed by atoms with van der Waals surface area (Å²) in [6, 6.07) is 10.8. The number of rotatable bonds is 7. The number of aryl methyl sites for hydroxylation is 3. The molecule has 4 aromatic rings. The summed E-state index contributed by atoms with van der Waals surface area (Å²) in [4.78, 5) is 25.1. The highest BCUT2D eigenvalue weighted by Gasteiger charge is 2.17. The number of carbonyl (C=O) groups is 1. The molecule has 1 amide bonds. The van der Waals surface area contributed by atoms with Crippen molar-refractivity contribution in [3.05, 3.63) is 59.5 Å². The van der Waals surface area contributed by atoms with Crippen molar-refractivity contribution in [3.63, 3.8) is 0 Å². The summed E-state index contributed by atoms with van der Waals surface area (Å²) < 4.78 is 3.17. The Kier molecular flexibility index (Phi) is 6.62. The molecule has 0 aliphatic heterocycles. The van der Waals surface area contributed by atoms with Crippen molar-refractivity contribution >= 4 is 16.9 Å². The van der Waals surface area contributed by atoms with Crippen LogP contribution in [0, 0.1) is 12.8 Å². The van der Waals surface area contributed by atoms with Crippen LogP contribution in [0.4, 0.5) is 0 Å². The van der Waals surface area contributed by atoms with Crippen molar-refractivity contribution in [2.75, 3.05) is 6.61 Å². The molecule has 10 heteroatoms. The number of aliphatic hydroxyl groups is 2. The molecule has 1 aromatic carbocycles. The van der Waals surface area contributed by atoms with Crippen LogP contribution in [0.5, 0.6) is 5.88 Å². The molecule has 0 aliphatic carbocycles. The van der Waals surface area contributed by atoms with E-state index in [1.165, 1.54) is 10.9 Å². The lowest BCUT2D eigenvalue weighted by Gasteiger charge is -2.16. The van der Waals surface area contributed by atoms with Gasteiger partial charge in [0.25, 0.3) is 5.91 Å². The number of amides is 1. The minimum absolute atomic E-state index is 0.0439. The standard InChI is InChI=1S/C24H28N6O4/c1-14(13-31)21(32)8-9-30-20-7-5-4-6-18(20)27-24(30)28-22(33)16-10-15(2)26-19(11-16)17-12-25-29(3)23(17)34/h4-7,10-12,14,21,31-32,34H,8-9,13H2,1-3H3,(H,27,28,33)/t14-,21-/m1/s1. The molecule has 4 N–H and O–H groups in total. The van der Waals surface area contributed by atoms with E-state index in [0.29, 0.717) is 41.1 Å². The van der Waals surface area contributed by atoms with E-state index in [0.717, 1.165) is 11.0 Å². The van der Waals surface area contributed by atoms with Gasteiger partial charge in [0.2, 0.25) is 11.5 Å². The second kappa shape index (κ2) is 9.62. The topological polar surface area (TPSA) is 142 Å². The summed E-state index contributed by atoms with van der Waals surface area (Å²) in [6.07, 6.45) is 1.20. The SMILES string of the molecule is Cc1cc(C(=O)/N=c2\[nH]c3ccccc3n2CC[C@@H](O)[C@H](C)CO)cc(-c2cnn(C)c2O)n1. The van der Waals surface area contributed by atoms with Crippen LogP contribution in [0.15, 0.2) is 47.6 Å². The number of hydrogen-bond donors (Lipinski definition) is 4. The van der Waals surface area contributed by atoms with Gasteiger partial charge in [-0.2, -0.15) is 10.1 Å². The first-order valence-electron chi connectivity index (χ1n) is 11.0. The van der Waals surface area contributed by atoms with Gasteiger partial charge < -0.3 is 24.9 Å². The number of aromatic hydroxyl groups is 1. The Hall–Kier alpha value is -3.76. The molecular weight excluding hydrogens is 436 g/mol. The molecule has 2 atom stereocenters.